The minimum atomic E-state index is -4.22. The highest BCUT2D eigenvalue weighted by atomic mass is 32.2. The molecule has 0 aliphatic heterocycles. The van der Waals surface area contributed by atoms with Crippen LogP contribution in [0.1, 0.15) is 26.3 Å². The van der Waals surface area contributed by atoms with Gasteiger partial charge in [-0.3, -0.25) is 14.3 Å². The largest absolute Gasteiger partial charge is 0.494 e. The Labute approximate surface area is 246 Å². The number of aliphatic imine (C=N–C) groups is 2. The number of para-hydroxylation sites is 1. The highest BCUT2D eigenvalue weighted by Crippen LogP contribution is 2.38. The monoisotopic (exact) mass is 599 g/mol. The first-order valence-electron chi connectivity index (χ1n) is 13.0. The Morgan fingerprint density at radius 2 is 1.81 bits per heavy atom. The highest BCUT2D eigenvalue weighted by molar-refractivity contribution is 7.93. The standard InChI is InChI=1S/C28H37N7O6S/c1-18(2)15-31-26(29-5)25(41-13-12-38-6)20(4)42(36,37)34-28-33-32-27(21-14-19(3)16-30-17-21)35(28)24-22(39-7)10-9-11-23(24)40-8/h9-11,14-17,20,25H,5,12-13H2,1-4,6-8H3,(H,33,34)/t20-,25-/m1/s1. The molecule has 0 radical (unpaired) electrons. The summed E-state index contributed by atoms with van der Waals surface area (Å²) in [7, 11) is 0.302. The van der Waals surface area contributed by atoms with E-state index in [0.29, 0.717) is 28.6 Å². The number of nitrogens with one attached hydrogen (secondary N) is 1. The Morgan fingerprint density at radius 1 is 1.12 bits per heavy atom. The highest BCUT2D eigenvalue weighted by Gasteiger charge is 2.36. The number of pyridine rings is 1. The summed E-state index contributed by atoms with van der Waals surface area (Å²) in [6.07, 6.45) is 3.79. The molecule has 3 aromatic rings. The quantitative estimate of drug-likeness (QED) is 0.166. The van der Waals surface area contributed by atoms with E-state index in [1.54, 1.807) is 36.8 Å². The van der Waals surface area contributed by atoms with E-state index in [2.05, 4.69) is 36.6 Å². The van der Waals surface area contributed by atoms with Crippen molar-refractivity contribution in [3.05, 3.63) is 54.0 Å². The van der Waals surface area contributed by atoms with Crippen LogP contribution >= 0.6 is 0 Å². The molecule has 1 aromatic carbocycles. The molecule has 0 bridgehead atoms. The van der Waals surface area contributed by atoms with Crippen LogP contribution in [0.5, 0.6) is 11.5 Å². The molecule has 2 heterocycles. The van der Waals surface area contributed by atoms with E-state index in [0.717, 1.165) is 11.1 Å². The number of sulfonamides is 1. The van der Waals surface area contributed by atoms with Gasteiger partial charge in [-0.05, 0) is 58.2 Å². The topological polar surface area (TPSA) is 151 Å². The number of aromatic nitrogens is 4. The number of methoxy groups -OCH3 is 3. The Kier molecular flexibility index (Phi) is 11.3. The maximum absolute atomic E-state index is 13.9. The molecule has 0 fully saturated rings. The number of amidine groups is 1. The van der Waals surface area contributed by atoms with E-state index < -0.39 is 21.4 Å². The summed E-state index contributed by atoms with van der Waals surface area (Å²) in [4.78, 5) is 12.6. The molecular formula is C28H37N7O6S. The van der Waals surface area contributed by atoms with Gasteiger partial charge in [-0.25, -0.2) is 18.4 Å². The minimum Gasteiger partial charge on any atom is -0.494 e. The molecule has 2 aromatic heterocycles. The Balaban J connectivity index is 2.17. The first-order chi connectivity index (χ1) is 20.1. The third kappa shape index (κ3) is 7.57. The van der Waals surface area contributed by atoms with Crippen molar-refractivity contribution in [1.29, 1.82) is 0 Å². The van der Waals surface area contributed by atoms with Gasteiger partial charge in [-0.1, -0.05) is 11.6 Å². The molecule has 3 rings (SSSR count). The van der Waals surface area contributed by atoms with Crippen LogP contribution in [-0.4, -0.2) is 86.6 Å². The number of allylic oxidation sites excluding steroid dienone is 1. The van der Waals surface area contributed by atoms with Crippen molar-refractivity contribution in [1.82, 2.24) is 19.7 Å². The second-order valence-electron chi connectivity index (χ2n) is 9.43. The van der Waals surface area contributed by atoms with Gasteiger partial charge in [0.05, 0.1) is 27.4 Å². The van der Waals surface area contributed by atoms with E-state index in [-0.39, 0.29) is 25.0 Å². The number of anilines is 1. The molecule has 0 spiro atoms. The van der Waals surface area contributed by atoms with E-state index in [9.17, 15) is 8.42 Å². The molecule has 14 heteroatoms. The summed E-state index contributed by atoms with van der Waals surface area (Å²) in [5.74, 6) is 1.11. The smallest absolute Gasteiger partial charge is 0.243 e. The maximum atomic E-state index is 13.9. The Morgan fingerprint density at radius 3 is 2.38 bits per heavy atom. The second-order valence-corrected chi connectivity index (χ2v) is 11.5. The SMILES string of the molecule is C=NC(=NC=C(C)C)[C@H](OCCOC)[C@@H](C)S(=O)(=O)Nc1nnc(-c2cncc(C)c2)n1-c1c(OC)cccc1OC. The lowest BCUT2D eigenvalue weighted by Gasteiger charge is -2.24. The predicted octanol–water partition coefficient (Wildman–Crippen LogP) is 3.84. The van der Waals surface area contributed by atoms with Crippen molar-refractivity contribution in [2.45, 2.75) is 39.0 Å². The molecule has 0 amide bonds. The lowest BCUT2D eigenvalue weighted by Crippen LogP contribution is -2.42. The van der Waals surface area contributed by atoms with Gasteiger partial charge in [0, 0.05) is 31.3 Å². The van der Waals surface area contributed by atoms with Crippen molar-refractivity contribution >= 4 is 28.5 Å². The van der Waals surface area contributed by atoms with Crippen molar-refractivity contribution in [2.75, 3.05) is 39.3 Å². The average Bonchev–Trinajstić information content (AvgIpc) is 3.37. The van der Waals surface area contributed by atoms with E-state index >= 15 is 0 Å². The fourth-order valence-electron chi connectivity index (χ4n) is 3.94. The number of benzene rings is 1. The lowest BCUT2D eigenvalue weighted by atomic mass is 10.2. The molecule has 0 saturated heterocycles. The average molecular weight is 600 g/mol. The van der Waals surface area contributed by atoms with Crippen LogP contribution in [0, 0.1) is 6.92 Å². The predicted molar refractivity (Wildman–Crippen MR) is 162 cm³/mol. The molecule has 13 nitrogen and oxygen atoms in total. The van der Waals surface area contributed by atoms with Crippen LogP contribution in [0.25, 0.3) is 17.1 Å². The number of ether oxygens (including phenoxy) is 4. The van der Waals surface area contributed by atoms with E-state index in [4.69, 9.17) is 18.9 Å². The molecule has 226 valence electrons. The van der Waals surface area contributed by atoms with Gasteiger partial charge in [0.1, 0.15) is 28.5 Å². The summed E-state index contributed by atoms with van der Waals surface area (Å²) < 4.78 is 54.2. The molecule has 1 N–H and O–H groups in total. The number of aryl methyl sites for hydroxylation is 1. The summed E-state index contributed by atoms with van der Waals surface area (Å²) in [5, 5.41) is 7.36. The lowest BCUT2D eigenvalue weighted by molar-refractivity contribution is 0.0474. The minimum absolute atomic E-state index is 0.101. The van der Waals surface area contributed by atoms with Crippen LogP contribution in [0.15, 0.2) is 58.4 Å². The van der Waals surface area contributed by atoms with Gasteiger partial charge < -0.3 is 18.9 Å². The zero-order valence-corrected chi connectivity index (χ0v) is 25.7. The van der Waals surface area contributed by atoms with Gasteiger partial charge in [-0.2, -0.15) is 0 Å². The second kappa shape index (κ2) is 14.7. The van der Waals surface area contributed by atoms with Gasteiger partial charge in [0.15, 0.2) is 11.7 Å². The Hall–Kier alpha value is -4.14. The molecule has 0 unspecified atom stereocenters. The zero-order chi connectivity index (χ0) is 30.9. The summed E-state index contributed by atoms with van der Waals surface area (Å²) in [6, 6.07) is 7.05. The third-order valence-electron chi connectivity index (χ3n) is 6.03. The van der Waals surface area contributed by atoms with Gasteiger partial charge in [-0.15, -0.1) is 10.2 Å². The van der Waals surface area contributed by atoms with Crippen molar-refractivity contribution in [3.63, 3.8) is 0 Å². The van der Waals surface area contributed by atoms with Crippen LogP contribution in [0.3, 0.4) is 0 Å². The van der Waals surface area contributed by atoms with Crippen molar-refractivity contribution < 1.29 is 27.4 Å². The fraction of sp³-hybridized carbons (Fsp3) is 0.393. The van der Waals surface area contributed by atoms with Crippen molar-refractivity contribution in [2.24, 2.45) is 9.98 Å². The molecule has 0 aliphatic rings. The van der Waals surface area contributed by atoms with Gasteiger partial charge in [0.25, 0.3) is 0 Å². The number of hydrogen-bond acceptors (Lipinski definition) is 10. The van der Waals surface area contributed by atoms with Gasteiger partial charge in [0.2, 0.25) is 16.0 Å². The van der Waals surface area contributed by atoms with Crippen LogP contribution in [0.2, 0.25) is 0 Å². The third-order valence-corrected chi connectivity index (χ3v) is 7.72. The first kappa shape index (κ1) is 32.4. The summed E-state index contributed by atoms with van der Waals surface area (Å²) >= 11 is 0. The maximum Gasteiger partial charge on any atom is 0.243 e. The molecule has 2 atom stereocenters. The first-order valence-corrected chi connectivity index (χ1v) is 14.5. The van der Waals surface area contributed by atoms with Crippen molar-refractivity contribution in [3.8, 4) is 28.6 Å². The number of rotatable bonds is 14. The molecule has 0 saturated carbocycles. The van der Waals surface area contributed by atoms with Crippen LogP contribution in [-0.2, 0) is 19.5 Å². The summed E-state index contributed by atoms with van der Waals surface area (Å²) in [5.41, 5.74) is 2.75. The Bertz CT molecular complexity index is 1530. The normalized spacial score (nSPS) is 13.3. The zero-order valence-electron chi connectivity index (χ0n) is 24.9. The fourth-order valence-corrected chi connectivity index (χ4v) is 5.04. The number of hydrogen-bond donors (Lipinski definition) is 1. The summed E-state index contributed by atoms with van der Waals surface area (Å²) in [6.45, 7) is 11.0. The van der Waals surface area contributed by atoms with E-state index in [1.807, 2.05) is 26.8 Å². The molecular weight excluding hydrogens is 562 g/mol. The van der Waals surface area contributed by atoms with Crippen LogP contribution in [0.4, 0.5) is 5.95 Å². The van der Waals surface area contributed by atoms with E-state index in [1.165, 1.54) is 32.8 Å². The molecule has 42 heavy (non-hydrogen) atoms. The van der Waals surface area contributed by atoms with Gasteiger partial charge >= 0.3 is 0 Å². The molecule has 0 aliphatic carbocycles. The van der Waals surface area contributed by atoms with Crippen LogP contribution < -0.4 is 14.2 Å². The number of nitrogens with zero attached hydrogens (tertiary/aromatic N) is 6.